The largest absolute Gasteiger partial charge is 0.364 e. The van der Waals surface area contributed by atoms with Gasteiger partial charge in [-0.05, 0) is 18.9 Å². The van der Waals surface area contributed by atoms with Crippen LogP contribution in [-0.4, -0.2) is 59.4 Å². The molecule has 0 radical (unpaired) electrons. The number of aromatic nitrogens is 1. The third kappa shape index (κ3) is 2.62. The number of fused-ring (bicyclic) bond motifs is 1. The van der Waals surface area contributed by atoms with E-state index in [1.165, 1.54) is 11.3 Å². The molecule has 2 fully saturated rings. The Morgan fingerprint density at radius 1 is 1.35 bits per heavy atom. The van der Waals surface area contributed by atoms with Crippen molar-refractivity contribution in [2.24, 2.45) is 0 Å². The second-order valence-electron chi connectivity index (χ2n) is 6.80. The van der Waals surface area contributed by atoms with Crippen molar-refractivity contribution in [3.63, 3.8) is 0 Å². The van der Waals surface area contributed by atoms with Gasteiger partial charge in [0.1, 0.15) is 18.4 Å². The fourth-order valence-electron chi connectivity index (χ4n) is 4.03. The molecule has 6 nitrogen and oxygen atoms in total. The molecule has 26 heavy (non-hydrogen) atoms. The van der Waals surface area contributed by atoms with Crippen molar-refractivity contribution >= 4 is 23.2 Å². The number of hydrogen-bond donors (Lipinski definition) is 0. The third-order valence-electron chi connectivity index (χ3n) is 5.46. The molecule has 2 amide bonds. The van der Waals surface area contributed by atoms with Gasteiger partial charge in [-0.2, -0.15) is 0 Å². The zero-order valence-electron chi connectivity index (χ0n) is 14.8. The summed E-state index contributed by atoms with van der Waals surface area (Å²) < 4.78 is 5.94. The second-order valence-corrected chi connectivity index (χ2v) is 7.86. The molecule has 0 unspecified atom stereocenters. The van der Waals surface area contributed by atoms with Crippen LogP contribution in [0, 0.1) is 6.92 Å². The number of likely N-dealkylation sites (N-methyl/N-ethyl adjacent to an activating group) is 1. The number of aryl methyl sites for hydroxylation is 1. The highest BCUT2D eigenvalue weighted by atomic mass is 32.1. The number of thiazole rings is 1. The van der Waals surface area contributed by atoms with Gasteiger partial charge in [-0.15, -0.1) is 11.3 Å². The standard InChI is InChI=1S/C19H21N3O3S/c1-13-20-15(12-26-13)18(24)22-9-8-19(14-6-4-3-5-7-14)16(10-22)25-11-17(23)21(19)2/h3-7,12,16H,8-11H2,1-2H3/t16-,19+/m1/s1. The van der Waals surface area contributed by atoms with Gasteiger partial charge in [0.05, 0.1) is 10.5 Å². The van der Waals surface area contributed by atoms with Gasteiger partial charge < -0.3 is 14.5 Å². The van der Waals surface area contributed by atoms with E-state index < -0.39 is 5.54 Å². The summed E-state index contributed by atoms with van der Waals surface area (Å²) in [6.45, 7) is 2.94. The monoisotopic (exact) mass is 371 g/mol. The first-order valence-electron chi connectivity index (χ1n) is 8.67. The van der Waals surface area contributed by atoms with Gasteiger partial charge in [-0.1, -0.05) is 30.3 Å². The molecule has 3 heterocycles. The smallest absolute Gasteiger partial charge is 0.273 e. The molecule has 0 N–H and O–H groups in total. The lowest BCUT2D eigenvalue weighted by atomic mass is 9.76. The average molecular weight is 371 g/mol. The SMILES string of the molecule is Cc1nc(C(=O)N2CC[C@]3(c4ccccc4)[C@@H](C2)OCC(=O)N3C)cs1. The maximum Gasteiger partial charge on any atom is 0.273 e. The molecular formula is C19H21N3O3S. The molecule has 0 spiro atoms. The summed E-state index contributed by atoms with van der Waals surface area (Å²) in [4.78, 5) is 33.1. The molecule has 2 aliphatic rings. The molecule has 2 atom stereocenters. The molecule has 1 aromatic carbocycles. The minimum Gasteiger partial charge on any atom is -0.364 e. The molecular weight excluding hydrogens is 350 g/mol. The number of ether oxygens (including phenoxy) is 1. The lowest BCUT2D eigenvalue weighted by Crippen LogP contribution is -2.67. The van der Waals surface area contributed by atoms with Crippen molar-refractivity contribution in [1.82, 2.24) is 14.8 Å². The Balaban J connectivity index is 1.65. The molecule has 4 rings (SSSR count). The number of piperidine rings is 1. The van der Waals surface area contributed by atoms with Crippen LogP contribution in [-0.2, 0) is 15.1 Å². The van der Waals surface area contributed by atoms with Crippen LogP contribution >= 0.6 is 11.3 Å². The fourth-order valence-corrected chi connectivity index (χ4v) is 4.62. The van der Waals surface area contributed by atoms with Gasteiger partial charge in [-0.25, -0.2) is 4.98 Å². The molecule has 7 heteroatoms. The van der Waals surface area contributed by atoms with Crippen LogP contribution < -0.4 is 0 Å². The zero-order valence-corrected chi connectivity index (χ0v) is 15.7. The van der Waals surface area contributed by atoms with Crippen LogP contribution in [0.5, 0.6) is 0 Å². The van der Waals surface area contributed by atoms with Crippen LogP contribution in [0.3, 0.4) is 0 Å². The predicted molar refractivity (Wildman–Crippen MR) is 98.0 cm³/mol. The normalized spacial score (nSPS) is 25.9. The minimum atomic E-state index is -0.536. The Morgan fingerprint density at radius 2 is 2.12 bits per heavy atom. The van der Waals surface area contributed by atoms with Crippen molar-refractivity contribution < 1.29 is 14.3 Å². The number of carbonyl (C=O) groups excluding carboxylic acids is 2. The van der Waals surface area contributed by atoms with Crippen LogP contribution in [0.15, 0.2) is 35.7 Å². The van der Waals surface area contributed by atoms with E-state index in [-0.39, 0.29) is 24.5 Å². The lowest BCUT2D eigenvalue weighted by Gasteiger charge is -2.54. The zero-order chi connectivity index (χ0) is 18.3. The molecule has 2 aliphatic heterocycles. The molecule has 2 saturated heterocycles. The van der Waals surface area contributed by atoms with E-state index in [1.807, 2.05) is 49.2 Å². The molecule has 136 valence electrons. The average Bonchev–Trinajstić information content (AvgIpc) is 3.11. The summed E-state index contributed by atoms with van der Waals surface area (Å²) in [5, 5.41) is 2.68. The first-order chi connectivity index (χ1) is 12.5. The number of likely N-dealkylation sites (tertiary alicyclic amines) is 1. The van der Waals surface area contributed by atoms with Gasteiger partial charge in [0.25, 0.3) is 5.91 Å². The summed E-state index contributed by atoms with van der Waals surface area (Å²) in [5.74, 6) is -0.0980. The Bertz CT molecular complexity index is 838. The number of nitrogens with zero attached hydrogens (tertiary/aromatic N) is 3. The van der Waals surface area contributed by atoms with Crippen molar-refractivity contribution in [2.75, 3.05) is 26.7 Å². The first-order valence-corrected chi connectivity index (χ1v) is 9.55. The molecule has 1 aromatic heterocycles. The van der Waals surface area contributed by atoms with Crippen LogP contribution in [0.2, 0.25) is 0 Å². The Hall–Kier alpha value is -2.25. The highest BCUT2D eigenvalue weighted by Crippen LogP contribution is 2.42. The Morgan fingerprint density at radius 3 is 2.81 bits per heavy atom. The quantitative estimate of drug-likeness (QED) is 0.811. The maximum atomic E-state index is 12.8. The number of rotatable bonds is 2. The fraction of sp³-hybridized carbons (Fsp3) is 0.421. The number of carbonyl (C=O) groups is 2. The lowest BCUT2D eigenvalue weighted by molar-refractivity contribution is -0.180. The predicted octanol–water partition coefficient (Wildman–Crippen LogP) is 2.05. The van der Waals surface area contributed by atoms with Crippen LogP contribution in [0.25, 0.3) is 0 Å². The Kier molecular flexibility index (Phi) is 4.28. The van der Waals surface area contributed by atoms with Gasteiger partial charge in [-0.3, -0.25) is 9.59 Å². The number of benzene rings is 1. The third-order valence-corrected chi connectivity index (χ3v) is 6.23. The second kappa shape index (κ2) is 6.48. The highest BCUT2D eigenvalue weighted by molar-refractivity contribution is 7.09. The molecule has 0 saturated carbocycles. The van der Waals surface area contributed by atoms with Crippen molar-refractivity contribution in [3.8, 4) is 0 Å². The van der Waals surface area contributed by atoms with Crippen LogP contribution in [0.1, 0.15) is 27.5 Å². The van der Waals surface area contributed by atoms with Gasteiger partial charge in [0, 0.05) is 25.5 Å². The van der Waals surface area contributed by atoms with Gasteiger partial charge in [0.15, 0.2) is 0 Å². The summed E-state index contributed by atoms with van der Waals surface area (Å²) in [6.07, 6.45) is 0.378. The van der Waals surface area contributed by atoms with E-state index in [9.17, 15) is 9.59 Å². The topological polar surface area (TPSA) is 62.7 Å². The van der Waals surface area contributed by atoms with E-state index in [0.717, 1.165) is 10.6 Å². The summed E-state index contributed by atoms with van der Waals surface area (Å²) in [7, 11) is 1.84. The van der Waals surface area contributed by atoms with E-state index in [2.05, 4.69) is 4.98 Å². The van der Waals surface area contributed by atoms with Crippen molar-refractivity contribution in [1.29, 1.82) is 0 Å². The van der Waals surface area contributed by atoms with E-state index in [1.54, 1.807) is 10.3 Å². The van der Waals surface area contributed by atoms with Gasteiger partial charge >= 0.3 is 0 Å². The van der Waals surface area contributed by atoms with Crippen molar-refractivity contribution in [2.45, 2.75) is 25.0 Å². The van der Waals surface area contributed by atoms with E-state index >= 15 is 0 Å². The van der Waals surface area contributed by atoms with E-state index in [0.29, 0.717) is 25.2 Å². The first kappa shape index (κ1) is 17.2. The molecule has 0 aliphatic carbocycles. The summed E-state index contributed by atoms with van der Waals surface area (Å²) >= 11 is 1.47. The number of morpholine rings is 1. The number of hydrogen-bond acceptors (Lipinski definition) is 5. The molecule has 2 aromatic rings. The summed E-state index contributed by atoms with van der Waals surface area (Å²) in [6, 6.07) is 9.98. The summed E-state index contributed by atoms with van der Waals surface area (Å²) in [5.41, 5.74) is 1.00. The molecule has 0 bridgehead atoms. The highest BCUT2D eigenvalue weighted by Gasteiger charge is 2.53. The number of amides is 2. The van der Waals surface area contributed by atoms with Gasteiger partial charge in [0.2, 0.25) is 5.91 Å². The Labute approximate surface area is 156 Å². The van der Waals surface area contributed by atoms with Crippen molar-refractivity contribution in [3.05, 3.63) is 52.0 Å². The van der Waals surface area contributed by atoms with Crippen LogP contribution in [0.4, 0.5) is 0 Å². The minimum absolute atomic E-state index is 0.0278. The maximum absolute atomic E-state index is 12.8. The van der Waals surface area contributed by atoms with E-state index in [4.69, 9.17) is 4.74 Å².